The van der Waals surface area contributed by atoms with Crippen LogP contribution in [0.4, 0.5) is 0 Å². The van der Waals surface area contributed by atoms with Crippen molar-refractivity contribution in [1.82, 2.24) is 9.80 Å². The summed E-state index contributed by atoms with van der Waals surface area (Å²) in [5, 5.41) is 0. The zero-order valence-electron chi connectivity index (χ0n) is 10.7. The van der Waals surface area contributed by atoms with E-state index in [9.17, 15) is 0 Å². The highest BCUT2D eigenvalue weighted by Gasteiger charge is 2.20. The smallest absolute Gasteiger partial charge is 0.0104 e. The lowest BCUT2D eigenvalue weighted by Crippen LogP contribution is -2.40. The van der Waals surface area contributed by atoms with Crippen LogP contribution in [0.2, 0.25) is 0 Å². The third kappa shape index (κ3) is 3.33. The molecule has 2 saturated heterocycles. The van der Waals surface area contributed by atoms with Crippen molar-refractivity contribution in [3.63, 3.8) is 0 Å². The minimum Gasteiger partial charge on any atom is -0.303 e. The Morgan fingerprint density at radius 3 is 2.62 bits per heavy atom. The van der Waals surface area contributed by atoms with E-state index in [2.05, 4.69) is 23.4 Å². The molecule has 16 heavy (non-hydrogen) atoms. The van der Waals surface area contributed by atoms with E-state index in [0.717, 1.165) is 6.04 Å². The summed E-state index contributed by atoms with van der Waals surface area (Å²) in [5.74, 6) is 0. The molecule has 2 aliphatic rings. The third-order valence-corrected chi connectivity index (χ3v) is 4.26. The lowest BCUT2D eigenvalue weighted by Gasteiger charge is -2.35. The molecule has 0 aromatic rings. The molecule has 0 radical (unpaired) electrons. The minimum atomic E-state index is 0.846. The van der Waals surface area contributed by atoms with Crippen molar-refractivity contribution >= 4 is 0 Å². The molecule has 2 fully saturated rings. The average molecular weight is 222 g/mol. The topological polar surface area (TPSA) is 6.48 Å². The number of piperidine rings is 2. The van der Waals surface area contributed by atoms with Crippen LogP contribution < -0.4 is 0 Å². The van der Waals surface area contributed by atoms with Gasteiger partial charge in [0, 0.05) is 19.1 Å². The maximum absolute atomic E-state index is 4.08. The standard InChI is InChI=1S/C14H26N2/c1-13-6-10-16(11-7-13)12-8-14-5-3-4-9-15(14)2/h14H,1,3-12H2,2H3. The highest BCUT2D eigenvalue weighted by atomic mass is 15.2. The summed E-state index contributed by atoms with van der Waals surface area (Å²) in [5.41, 5.74) is 1.45. The van der Waals surface area contributed by atoms with Gasteiger partial charge in [-0.25, -0.2) is 0 Å². The van der Waals surface area contributed by atoms with Gasteiger partial charge in [0.1, 0.15) is 0 Å². The fourth-order valence-corrected chi connectivity index (χ4v) is 2.93. The van der Waals surface area contributed by atoms with E-state index in [1.807, 2.05) is 0 Å². The van der Waals surface area contributed by atoms with E-state index >= 15 is 0 Å². The van der Waals surface area contributed by atoms with E-state index < -0.39 is 0 Å². The quantitative estimate of drug-likeness (QED) is 0.677. The van der Waals surface area contributed by atoms with Gasteiger partial charge in [-0.15, -0.1) is 0 Å². The summed E-state index contributed by atoms with van der Waals surface area (Å²) in [7, 11) is 2.29. The van der Waals surface area contributed by atoms with Crippen LogP contribution in [0.25, 0.3) is 0 Å². The van der Waals surface area contributed by atoms with Gasteiger partial charge in [-0.3, -0.25) is 0 Å². The van der Waals surface area contributed by atoms with Crippen molar-refractivity contribution in [3.05, 3.63) is 12.2 Å². The fraction of sp³-hybridized carbons (Fsp3) is 0.857. The van der Waals surface area contributed by atoms with Gasteiger partial charge in [-0.2, -0.15) is 0 Å². The van der Waals surface area contributed by atoms with Gasteiger partial charge in [-0.05, 0) is 52.2 Å². The molecule has 0 aromatic carbocycles. The average Bonchev–Trinajstić information content (AvgIpc) is 2.30. The van der Waals surface area contributed by atoms with E-state index in [0.29, 0.717) is 0 Å². The molecule has 2 heteroatoms. The number of hydrogen-bond donors (Lipinski definition) is 0. The van der Waals surface area contributed by atoms with Crippen molar-refractivity contribution in [1.29, 1.82) is 0 Å². The summed E-state index contributed by atoms with van der Waals surface area (Å²) in [6.07, 6.45) is 8.06. The van der Waals surface area contributed by atoms with Crippen LogP contribution >= 0.6 is 0 Å². The first-order chi connectivity index (χ1) is 7.75. The Bertz CT molecular complexity index is 227. The van der Waals surface area contributed by atoms with Crippen molar-refractivity contribution in [3.8, 4) is 0 Å². The molecule has 2 rings (SSSR count). The molecular formula is C14H26N2. The fourth-order valence-electron chi connectivity index (χ4n) is 2.93. The predicted octanol–water partition coefficient (Wildman–Crippen LogP) is 2.51. The Morgan fingerprint density at radius 2 is 1.94 bits per heavy atom. The second-order valence-corrected chi connectivity index (χ2v) is 5.51. The number of rotatable bonds is 3. The first-order valence-electron chi connectivity index (χ1n) is 6.85. The van der Waals surface area contributed by atoms with E-state index in [4.69, 9.17) is 0 Å². The molecule has 92 valence electrons. The molecule has 2 heterocycles. The molecule has 1 unspecified atom stereocenters. The Morgan fingerprint density at radius 1 is 1.19 bits per heavy atom. The lowest BCUT2D eigenvalue weighted by molar-refractivity contribution is 0.151. The van der Waals surface area contributed by atoms with Crippen LogP contribution in [0.15, 0.2) is 12.2 Å². The zero-order chi connectivity index (χ0) is 11.4. The molecule has 0 bridgehead atoms. The second-order valence-electron chi connectivity index (χ2n) is 5.51. The Balaban J connectivity index is 1.68. The molecule has 0 aromatic heterocycles. The zero-order valence-corrected chi connectivity index (χ0v) is 10.7. The number of likely N-dealkylation sites (tertiary alicyclic amines) is 2. The van der Waals surface area contributed by atoms with E-state index in [-0.39, 0.29) is 0 Å². The van der Waals surface area contributed by atoms with Crippen molar-refractivity contribution in [2.24, 2.45) is 0 Å². The lowest BCUT2D eigenvalue weighted by atomic mass is 9.99. The van der Waals surface area contributed by atoms with Crippen molar-refractivity contribution in [2.75, 3.05) is 33.2 Å². The first kappa shape index (κ1) is 12.1. The van der Waals surface area contributed by atoms with Gasteiger partial charge in [0.2, 0.25) is 0 Å². The molecule has 2 nitrogen and oxygen atoms in total. The monoisotopic (exact) mass is 222 g/mol. The van der Waals surface area contributed by atoms with Gasteiger partial charge >= 0.3 is 0 Å². The van der Waals surface area contributed by atoms with Crippen molar-refractivity contribution < 1.29 is 0 Å². The summed E-state index contributed by atoms with van der Waals surface area (Å²) in [6, 6.07) is 0.846. The van der Waals surface area contributed by atoms with Crippen LogP contribution in [-0.4, -0.2) is 49.1 Å². The van der Waals surface area contributed by atoms with Crippen LogP contribution in [0.5, 0.6) is 0 Å². The molecule has 0 saturated carbocycles. The molecule has 0 aliphatic carbocycles. The molecule has 0 N–H and O–H groups in total. The maximum Gasteiger partial charge on any atom is 0.0104 e. The summed E-state index contributed by atoms with van der Waals surface area (Å²) < 4.78 is 0. The molecule has 0 spiro atoms. The highest BCUT2D eigenvalue weighted by Crippen LogP contribution is 2.19. The Labute approximate surface area is 100 Å². The molecular weight excluding hydrogens is 196 g/mol. The van der Waals surface area contributed by atoms with Crippen LogP contribution in [0.1, 0.15) is 38.5 Å². The SMILES string of the molecule is C=C1CCN(CCC2CCCCN2C)CC1. The predicted molar refractivity (Wildman–Crippen MR) is 69.7 cm³/mol. The van der Waals surface area contributed by atoms with Gasteiger partial charge in [-0.1, -0.05) is 18.6 Å². The van der Waals surface area contributed by atoms with Crippen LogP contribution in [0.3, 0.4) is 0 Å². The van der Waals surface area contributed by atoms with E-state index in [1.54, 1.807) is 0 Å². The van der Waals surface area contributed by atoms with Gasteiger partial charge in [0.15, 0.2) is 0 Å². The van der Waals surface area contributed by atoms with E-state index in [1.165, 1.54) is 70.3 Å². The molecule has 2 aliphatic heterocycles. The maximum atomic E-state index is 4.08. The van der Waals surface area contributed by atoms with Gasteiger partial charge < -0.3 is 9.80 Å². The first-order valence-corrected chi connectivity index (χ1v) is 6.85. The number of nitrogens with zero attached hydrogens (tertiary/aromatic N) is 2. The Hall–Kier alpha value is -0.340. The number of hydrogen-bond acceptors (Lipinski definition) is 2. The minimum absolute atomic E-state index is 0.846. The molecule has 0 amide bonds. The normalized spacial score (nSPS) is 29.6. The largest absolute Gasteiger partial charge is 0.303 e. The Kier molecular flexibility index (Phi) is 4.42. The third-order valence-electron chi connectivity index (χ3n) is 4.26. The highest BCUT2D eigenvalue weighted by molar-refractivity contribution is 4.98. The summed E-state index contributed by atoms with van der Waals surface area (Å²) >= 11 is 0. The summed E-state index contributed by atoms with van der Waals surface area (Å²) in [4.78, 5) is 5.18. The second kappa shape index (κ2) is 5.83. The van der Waals surface area contributed by atoms with Gasteiger partial charge in [0.05, 0.1) is 0 Å². The van der Waals surface area contributed by atoms with Gasteiger partial charge in [0.25, 0.3) is 0 Å². The van der Waals surface area contributed by atoms with Crippen LogP contribution in [0, 0.1) is 0 Å². The van der Waals surface area contributed by atoms with Crippen molar-refractivity contribution in [2.45, 2.75) is 44.6 Å². The molecule has 1 atom stereocenters. The summed E-state index contributed by atoms with van der Waals surface area (Å²) in [6.45, 7) is 9.17. The van der Waals surface area contributed by atoms with Crippen LogP contribution in [-0.2, 0) is 0 Å².